The van der Waals surface area contributed by atoms with Crippen molar-refractivity contribution in [2.45, 2.75) is 19.9 Å². The van der Waals surface area contributed by atoms with Gasteiger partial charge in [-0.15, -0.1) is 0 Å². The summed E-state index contributed by atoms with van der Waals surface area (Å²) < 4.78 is 0. The predicted molar refractivity (Wildman–Crippen MR) is 84.4 cm³/mol. The summed E-state index contributed by atoms with van der Waals surface area (Å²) in [7, 11) is 2.10. The van der Waals surface area contributed by atoms with Crippen LogP contribution in [0.5, 0.6) is 0 Å². The second-order valence-electron chi connectivity index (χ2n) is 4.75. The molecule has 1 N–H and O–H groups in total. The Bertz CT molecular complexity index is 438. The molecule has 1 aromatic carbocycles. The first-order chi connectivity index (χ1) is 9.72. The van der Waals surface area contributed by atoms with Crippen LogP contribution in [0.3, 0.4) is 0 Å². The van der Waals surface area contributed by atoms with E-state index in [-0.39, 0.29) is 5.91 Å². The molecule has 0 aliphatic rings. The lowest BCUT2D eigenvalue weighted by molar-refractivity contribution is -0.116. The molecule has 0 aliphatic heterocycles. The number of nitrogens with one attached hydrogen (secondary N) is 1. The van der Waals surface area contributed by atoms with Crippen molar-refractivity contribution in [1.82, 2.24) is 10.2 Å². The third-order valence-electron chi connectivity index (χ3n) is 2.86. The molecule has 3 nitrogen and oxygen atoms in total. The van der Waals surface area contributed by atoms with E-state index in [0.717, 1.165) is 19.5 Å². The predicted octanol–water partition coefficient (Wildman–Crippen LogP) is 2.76. The number of allylic oxidation sites excluding steroid dienone is 3. The fourth-order valence-corrected chi connectivity index (χ4v) is 1.85. The second-order valence-corrected chi connectivity index (χ2v) is 4.75. The van der Waals surface area contributed by atoms with E-state index in [1.54, 1.807) is 12.2 Å². The minimum absolute atomic E-state index is 0.0335. The molecule has 108 valence electrons. The van der Waals surface area contributed by atoms with E-state index in [1.165, 1.54) is 5.56 Å². The van der Waals surface area contributed by atoms with Gasteiger partial charge in [-0.1, -0.05) is 48.6 Å². The second kappa shape index (κ2) is 9.98. The first-order valence-corrected chi connectivity index (χ1v) is 7.02. The number of hydrogen-bond donors (Lipinski definition) is 1. The van der Waals surface area contributed by atoms with Crippen molar-refractivity contribution in [3.05, 3.63) is 60.2 Å². The van der Waals surface area contributed by atoms with E-state index in [1.807, 2.05) is 25.1 Å². The summed E-state index contributed by atoms with van der Waals surface area (Å²) in [6.07, 6.45) is 7.98. The molecule has 0 heterocycles. The van der Waals surface area contributed by atoms with E-state index in [9.17, 15) is 4.79 Å². The molecular formula is C17H24N2O. The van der Waals surface area contributed by atoms with Gasteiger partial charge in [-0.05, 0) is 32.5 Å². The number of rotatable bonds is 8. The normalized spacial score (nSPS) is 11.6. The average molecular weight is 272 g/mol. The molecule has 0 unspecified atom stereocenters. The molecule has 0 radical (unpaired) electrons. The van der Waals surface area contributed by atoms with Crippen LogP contribution in [0.15, 0.2) is 54.6 Å². The van der Waals surface area contributed by atoms with Crippen LogP contribution in [0, 0.1) is 0 Å². The zero-order chi connectivity index (χ0) is 14.6. The molecule has 0 spiro atoms. The van der Waals surface area contributed by atoms with Gasteiger partial charge in [-0.25, -0.2) is 0 Å². The molecule has 0 aliphatic carbocycles. The van der Waals surface area contributed by atoms with Gasteiger partial charge in [0.05, 0.1) is 0 Å². The molecular weight excluding hydrogens is 248 g/mol. The van der Waals surface area contributed by atoms with Crippen molar-refractivity contribution >= 4 is 5.91 Å². The maximum absolute atomic E-state index is 11.4. The van der Waals surface area contributed by atoms with E-state index in [0.29, 0.717) is 6.54 Å². The van der Waals surface area contributed by atoms with Crippen molar-refractivity contribution in [2.75, 3.05) is 20.1 Å². The van der Waals surface area contributed by atoms with Crippen molar-refractivity contribution < 1.29 is 4.79 Å². The van der Waals surface area contributed by atoms with Crippen LogP contribution in [0.2, 0.25) is 0 Å². The van der Waals surface area contributed by atoms with Crippen molar-refractivity contribution in [3.63, 3.8) is 0 Å². The number of carbonyl (C=O) groups is 1. The number of benzene rings is 1. The Morgan fingerprint density at radius 1 is 1.25 bits per heavy atom. The summed E-state index contributed by atoms with van der Waals surface area (Å²) >= 11 is 0. The highest BCUT2D eigenvalue weighted by Gasteiger charge is 2.00. The molecule has 1 amide bonds. The topological polar surface area (TPSA) is 32.3 Å². The molecule has 0 atom stereocenters. The van der Waals surface area contributed by atoms with Gasteiger partial charge in [0.15, 0.2) is 0 Å². The highest BCUT2D eigenvalue weighted by Crippen LogP contribution is 2.02. The van der Waals surface area contributed by atoms with Gasteiger partial charge >= 0.3 is 0 Å². The Balaban J connectivity index is 2.13. The van der Waals surface area contributed by atoms with Crippen LogP contribution >= 0.6 is 0 Å². The maximum atomic E-state index is 11.4. The van der Waals surface area contributed by atoms with Crippen LogP contribution in [0.25, 0.3) is 0 Å². The van der Waals surface area contributed by atoms with E-state index >= 15 is 0 Å². The summed E-state index contributed by atoms with van der Waals surface area (Å²) in [5.41, 5.74) is 1.31. The Morgan fingerprint density at radius 2 is 2.00 bits per heavy atom. The monoisotopic (exact) mass is 272 g/mol. The van der Waals surface area contributed by atoms with Crippen LogP contribution in [-0.4, -0.2) is 30.9 Å². The van der Waals surface area contributed by atoms with Gasteiger partial charge < -0.3 is 10.2 Å². The number of nitrogens with zero attached hydrogens (tertiary/aromatic N) is 1. The molecule has 0 bridgehead atoms. The van der Waals surface area contributed by atoms with Gasteiger partial charge in [0.1, 0.15) is 0 Å². The molecule has 20 heavy (non-hydrogen) atoms. The Morgan fingerprint density at radius 3 is 2.70 bits per heavy atom. The molecule has 0 saturated heterocycles. The third-order valence-corrected chi connectivity index (χ3v) is 2.86. The van der Waals surface area contributed by atoms with Gasteiger partial charge in [0.2, 0.25) is 5.91 Å². The lowest BCUT2D eigenvalue weighted by atomic mass is 10.2. The Hall–Kier alpha value is -1.87. The molecule has 0 saturated carbocycles. The summed E-state index contributed by atoms with van der Waals surface area (Å²) in [5.74, 6) is -0.0335. The SMILES string of the molecule is C/C=C/C=C/C(=O)NCCCN(C)Cc1ccccc1. The van der Waals surface area contributed by atoms with Gasteiger partial charge in [-0.2, -0.15) is 0 Å². The fourth-order valence-electron chi connectivity index (χ4n) is 1.85. The minimum Gasteiger partial charge on any atom is -0.353 e. The van der Waals surface area contributed by atoms with Crippen molar-refractivity contribution in [1.29, 1.82) is 0 Å². The highest BCUT2D eigenvalue weighted by atomic mass is 16.1. The van der Waals surface area contributed by atoms with Gasteiger partial charge in [0.25, 0.3) is 0 Å². The standard InChI is InChI=1S/C17H24N2O/c1-3-4-6-12-17(20)18-13-9-14-19(2)15-16-10-7-5-8-11-16/h3-8,10-12H,9,13-15H2,1-2H3,(H,18,20)/b4-3+,12-6+. The maximum Gasteiger partial charge on any atom is 0.243 e. The quantitative estimate of drug-likeness (QED) is 0.448. The van der Waals surface area contributed by atoms with Gasteiger partial charge in [-0.3, -0.25) is 4.79 Å². The smallest absolute Gasteiger partial charge is 0.243 e. The van der Waals surface area contributed by atoms with Crippen molar-refractivity contribution in [2.24, 2.45) is 0 Å². The highest BCUT2D eigenvalue weighted by molar-refractivity contribution is 5.87. The van der Waals surface area contributed by atoms with Crippen LogP contribution in [0.1, 0.15) is 18.9 Å². The molecule has 3 heteroatoms. The molecule has 1 aromatic rings. The summed E-state index contributed by atoms with van der Waals surface area (Å²) in [4.78, 5) is 13.7. The van der Waals surface area contributed by atoms with Crippen LogP contribution in [-0.2, 0) is 11.3 Å². The zero-order valence-electron chi connectivity index (χ0n) is 12.4. The minimum atomic E-state index is -0.0335. The molecule has 1 rings (SSSR count). The summed E-state index contributed by atoms with van der Waals surface area (Å²) in [6, 6.07) is 10.4. The van der Waals surface area contributed by atoms with Crippen LogP contribution < -0.4 is 5.32 Å². The third kappa shape index (κ3) is 7.54. The number of amides is 1. The summed E-state index contributed by atoms with van der Waals surface area (Å²) in [6.45, 7) is 4.53. The number of carbonyl (C=O) groups excluding carboxylic acids is 1. The zero-order valence-corrected chi connectivity index (χ0v) is 12.4. The van der Waals surface area contributed by atoms with Gasteiger partial charge in [0, 0.05) is 19.2 Å². The first kappa shape index (κ1) is 16.2. The lowest BCUT2D eigenvalue weighted by Crippen LogP contribution is -2.26. The van der Waals surface area contributed by atoms with E-state index in [2.05, 4.69) is 41.5 Å². The Kier molecular flexibility index (Phi) is 8.08. The molecule has 0 aromatic heterocycles. The molecule has 0 fully saturated rings. The Labute approximate surface area is 122 Å². The van der Waals surface area contributed by atoms with E-state index in [4.69, 9.17) is 0 Å². The first-order valence-electron chi connectivity index (χ1n) is 7.02. The number of hydrogen-bond acceptors (Lipinski definition) is 2. The fraction of sp³-hybridized carbons (Fsp3) is 0.353. The lowest BCUT2D eigenvalue weighted by Gasteiger charge is -2.16. The van der Waals surface area contributed by atoms with E-state index < -0.39 is 0 Å². The van der Waals surface area contributed by atoms with Crippen molar-refractivity contribution in [3.8, 4) is 0 Å². The summed E-state index contributed by atoms with van der Waals surface area (Å²) in [5, 5.41) is 2.87. The average Bonchev–Trinajstić information content (AvgIpc) is 2.45. The van der Waals surface area contributed by atoms with Crippen LogP contribution in [0.4, 0.5) is 0 Å². The largest absolute Gasteiger partial charge is 0.353 e.